The van der Waals surface area contributed by atoms with Crippen molar-refractivity contribution in [3.63, 3.8) is 0 Å². The highest BCUT2D eigenvalue weighted by atomic mass is 32.2. The highest BCUT2D eigenvalue weighted by molar-refractivity contribution is 7.89. The van der Waals surface area contributed by atoms with E-state index < -0.39 is 22.8 Å². The topological polar surface area (TPSA) is 87.2 Å². The Kier molecular flexibility index (Phi) is 4.11. The predicted octanol–water partition coefficient (Wildman–Crippen LogP) is 0.109. The van der Waals surface area contributed by atoms with E-state index in [0.29, 0.717) is 0 Å². The van der Waals surface area contributed by atoms with Crippen molar-refractivity contribution in [2.45, 2.75) is 17.7 Å². The Bertz CT molecular complexity index is 468. The van der Waals surface area contributed by atoms with Gasteiger partial charge in [-0.25, -0.2) is 18.5 Å². The summed E-state index contributed by atoms with van der Waals surface area (Å²) in [6, 6.07) is 0. The molecule has 0 radical (unpaired) electrons. The number of alkyl halides is 3. The van der Waals surface area contributed by atoms with Gasteiger partial charge in [0.05, 0.1) is 12.9 Å². The summed E-state index contributed by atoms with van der Waals surface area (Å²) < 4.78 is 62.4. The van der Waals surface area contributed by atoms with Crippen molar-refractivity contribution in [1.82, 2.24) is 9.55 Å². The maximum absolute atomic E-state index is 11.7. The van der Waals surface area contributed by atoms with Crippen molar-refractivity contribution in [2.75, 3.05) is 13.2 Å². The fourth-order valence-corrected chi connectivity index (χ4v) is 1.44. The van der Waals surface area contributed by atoms with E-state index in [1.807, 2.05) is 0 Å². The van der Waals surface area contributed by atoms with E-state index in [9.17, 15) is 21.6 Å². The van der Waals surface area contributed by atoms with Gasteiger partial charge in [-0.3, -0.25) is 0 Å². The summed E-state index contributed by atoms with van der Waals surface area (Å²) in [5, 5.41) is 4.46. The minimum atomic E-state index is -4.37. The minimum absolute atomic E-state index is 0.0542. The number of sulfonamides is 1. The summed E-state index contributed by atoms with van der Waals surface area (Å²) in [5.74, 6) is 0. The van der Waals surface area contributed by atoms with Crippen LogP contribution in [0.4, 0.5) is 13.2 Å². The number of rotatable bonds is 5. The summed E-state index contributed by atoms with van der Waals surface area (Å²) in [6.07, 6.45) is -2.11. The molecule has 0 amide bonds. The first-order valence-electron chi connectivity index (χ1n) is 4.37. The van der Waals surface area contributed by atoms with Gasteiger partial charge in [0, 0.05) is 12.7 Å². The molecule has 0 aliphatic carbocycles. The van der Waals surface area contributed by atoms with Gasteiger partial charge < -0.3 is 9.30 Å². The first-order valence-corrected chi connectivity index (χ1v) is 5.92. The number of halogens is 3. The molecule has 1 aromatic rings. The standard InChI is InChI=1S/C7H10F3N3O3S/c8-7(9,10)4-16-2-1-13-3-6(12-5-13)17(11,14)15/h3,5H,1-2,4H2,(H2,11,14,15). The van der Waals surface area contributed by atoms with Crippen LogP contribution in [-0.2, 0) is 21.3 Å². The van der Waals surface area contributed by atoms with Crippen LogP contribution in [0, 0.1) is 0 Å². The minimum Gasteiger partial charge on any atom is -0.370 e. The van der Waals surface area contributed by atoms with Crippen molar-refractivity contribution >= 4 is 10.0 Å². The molecule has 0 atom stereocenters. The molecule has 6 nitrogen and oxygen atoms in total. The van der Waals surface area contributed by atoms with E-state index in [-0.39, 0.29) is 18.2 Å². The van der Waals surface area contributed by atoms with Crippen LogP contribution in [0.25, 0.3) is 0 Å². The van der Waals surface area contributed by atoms with Crippen LogP contribution in [-0.4, -0.2) is 37.4 Å². The monoisotopic (exact) mass is 273 g/mol. The number of primary sulfonamides is 1. The van der Waals surface area contributed by atoms with Gasteiger partial charge in [0.15, 0.2) is 5.03 Å². The Morgan fingerprint density at radius 3 is 2.59 bits per heavy atom. The maximum atomic E-state index is 11.7. The fourth-order valence-electron chi connectivity index (χ4n) is 0.967. The molecule has 0 saturated carbocycles. The van der Waals surface area contributed by atoms with Gasteiger partial charge in [-0.2, -0.15) is 13.2 Å². The van der Waals surface area contributed by atoms with E-state index in [0.717, 1.165) is 12.5 Å². The molecule has 98 valence electrons. The van der Waals surface area contributed by atoms with Gasteiger partial charge in [0.25, 0.3) is 10.0 Å². The zero-order valence-corrected chi connectivity index (χ0v) is 9.33. The largest absolute Gasteiger partial charge is 0.411 e. The van der Waals surface area contributed by atoms with Crippen molar-refractivity contribution < 1.29 is 26.3 Å². The van der Waals surface area contributed by atoms with Crippen LogP contribution in [0.3, 0.4) is 0 Å². The van der Waals surface area contributed by atoms with Crippen molar-refractivity contribution in [3.8, 4) is 0 Å². The smallest absolute Gasteiger partial charge is 0.370 e. The average Bonchev–Trinajstić information content (AvgIpc) is 2.58. The Balaban J connectivity index is 2.41. The molecular formula is C7H10F3N3O3S. The van der Waals surface area contributed by atoms with Crippen LogP contribution in [0.1, 0.15) is 0 Å². The molecule has 17 heavy (non-hydrogen) atoms. The summed E-state index contributed by atoms with van der Waals surface area (Å²) in [7, 11) is -3.89. The zero-order valence-electron chi connectivity index (χ0n) is 8.51. The Labute approximate surface area is 95.2 Å². The summed E-state index contributed by atoms with van der Waals surface area (Å²) in [5.41, 5.74) is 0. The van der Waals surface area contributed by atoms with E-state index >= 15 is 0 Å². The molecule has 0 spiro atoms. The molecule has 1 rings (SSSR count). The van der Waals surface area contributed by atoms with Gasteiger partial charge >= 0.3 is 6.18 Å². The highest BCUT2D eigenvalue weighted by Crippen LogP contribution is 2.14. The normalized spacial score (nSPS) is 12.9. The number of hydrogen-bond donors (Lipinski definition) is 1. The fraction of sp³-hybridized carbons (Fsp3) is 0.571. The third-order valence-electron chi connectivity index (χ3n) is 1.66. The van der Waals surface area contributed by atoms with Crippen LogP contribution >= 0.6 is 0 Å². The van der Waals surface area contributed by atoms with E-state index in [1.165, 1.54) is 4.57 Å². The second kappa shape index (κ2) is 5.02. The lowest BCUT2D eigenvalue weighted by Crippen LogP contribution is -2.18. The first-order chi connectivity index (χ1) is 7.68. The molecule has 0 fully saturated rings. The molecule has 0 aliphatic heterocycles. The quantitative estimate of drug-likeness (QED) is 0.771. The molecule has 1 heterocycles. The Morgan fingerprint density at radius 1 is 1.47 bits per heavy atom. The summed E-state index contributed by atoms with van der Waals surface area (Å²) in [4.78, 5) is 3.49. The van der Waals surface area contributed by atoms with Gasteiger partial charge in [-0.05, 0) is 0 Å². The number of hydrogen-bond acceptors (Lipinski definition) is 4. The van der Waals surface area contributed by atoms with Gasteiger partial charge in [-0.1, -0.05) is 0 Å². The number of aromatic nitrogens is 2. The number of nitrogens with zero attached hydrogens (tertiary/aromatic N) is 2. The molecular weight excluding hydrogens is 263 g/mol. The van der Waals surface area contributed by atoms with Crippen molar-refractivity contribution in [2.24, 2.45) is 5.14 Å². The van der Waals surface area contributed by atoms with E-state index in [2.05, 4.69) is 9.72 Å². The lowest BCUT2D eigenvalue weighted by atomic mass is 10.6. The van der Waals surface area contributed by atoms with Crippen LogP contribution < -0.4 is 5.14 Å². The van der Waals surface area contributed by atoms with E-state index in [1.54, 1.807) is 0 Å². The number of nitrogens with two attached hydrogens (primary N) is 1. The highest BCUT2D eigenvalue weighted by Gasteiger charge is 2.27. The van der Waals surface area contributed by atoms with E-state index in [4.69, 9.17) is 5.14 Å². The maximum Gasteiger partial charge on any atom is 0.411 e. The second-order valence-electron chi connectivity index (χ2n) is 3.16. The molecule has 2 N–H and O–H groups in total. The van der Waals surface area contributed by atoms with Crippen LogP contribution in [0.2, 0.25) is 0 Å². The Hall–Kier alpha value is -1.13. The van der Waals surface area contributed by atoms with Crippen LogP contribution in [0.5, 0.6) is 0 Å². The van der Waals surface area contributed by atoms with Crippen molar-refractivity contribution in [1.29, 1.82) is 0 Å². The third-order valence-corrected chi connectivity index (χ3v) is 2.45. The van der Waals surface area contributed by atoms with Crippen molar-refractivity contribution in [3.05, 3.63) is 12.5 Å². The average molecular weight is 273 g/mol. The molecule has 0 bridgehead atoms. The lowest BCUT2D eigenvalue weighted by Gasteiger charge is -2.07. The summed E-state index contributed by atoms with van der Waals surface area (Å²) >= 11 is 0. The molecule has 0 aromatic carbocycles. The molecule has 0 aliphatic rings. The van der Waals surface area contributed by atoms with Crippen LogP contribution in [0.15, 0.2) is 17.6 Å². The van der Waals surface area contributed by atoms with Gasteiger partial charge in [0.2, 0.25) is 0 Å². The molecule has 10 heteroatoms. The third kappa shape index (κ3) is 5.15. The molecule has 0 saturated heterocycles. The lowest BCUT2D eigenvalue weighted by molar-refractivity contribution is -0.174. The number of imidazole rings is 1. The Morgan fingerprint density at radius 2 is 2.12 bits per heavy atom. The van der Waals surface area contributed by atoms with Gasteiger partial charge in [0.1, 0.15) is 6.61 Å². The van der Waals surface area contributed by atoms with Gasteiger partial charge in [-0.15, -0.1) is 0 Å². The second-order valence-corrected chi connectivity index (χ2v) is 4.67. The summed E-state index contributed by atoms with van der Waals surface area (Å²) in [6.45, 7) is -1.50. The predicted molar refractivity (Wildman–Crippen MR) is 50.5 cm³/mol. The molecule has 0 unspecified atom stereocenters. The number of ether oxygens (including phenoxy) is 1. The molecule has 1 aromatic heterocycles. The SMILES string of the molecule is NS(=O)(=O)c1cn(CCOCC(F)(F)F)cn1. The zero-order chi connectivity index (χ0) is 13.1. The first kappa shape index (κ1) is 13.9.